The van der Waals surface area contributed by atoms with Crippen LogP contribution < -0.4 is 0 Å². The van der Waals surface area contributed by atoms with Gasteiger partial charge >= 0.3 is 0 Å². The lowest BCUT2D eigenvalue weighted by atomic mass is 10.2. The maximum Gasteiger partial charge on any atom is 0.260 e. The van der Waals surface area contributed by atoms with Gasteiger partial charge in [-0.1, -0.05) is 5.92 Å². The van der Waals surface area contributed by atoms with Crippen LogP contribution in [0.2, 0.25) is 0 Å². The summed E-state index contributed by atoms with van der Waals surface area (Å²) >= 11 is 4.88. The molecule has 0 amide bonds. The molecule has 1 aliphatic heterocycles. The molecule has 1 fully saturated rings. The summed E-state index contributed by atoms with van der Waals surface area (Å²) in [6, 6.07) is 0. The van der Waals surface area contributed by atoms with Crippen LogP contribution in [0.5, 0.6) is 0 Å². The van der Waals surface area contributed by atoms with E-state index in [1.165, 1.54) is 0 Å². The first-order valence-electron chi connectivity index (χ1n) is 3.12. The molecule has 1 heterocycles. The zero-order chi connectivity index (χ0) is 7.56. The molecule has 0 spiro atoms. The lowest BCUT2D eigenvalue weighted by Gasteiger charge is -2.28. The second-order valence-electron chi connectivity index (χ2n) is 2.25. The van der Waals surface area contributed by atoms with Gasteiger partial charge in [0.1, 0.15) is 0 Å². The SMILES string of the molecule is C#CC1CCN(C)C(=S)O1. The van der Waals surface area contributed by atoms with Crippen molar-refractivity contribution in [3.63, 3.8) is 0 Å². The summed E-state index contributed by atoms with van der Waals surface area (Å²) in [6.45, 7) is 0.897. The van der Waals surface area contributed by atoms with Crippen molar-refractivity contribution in [2.24, 2.45) is 0 Å². The van der Waals surface area contributed by atoms with Gasteiger partial charge in [0.15, 0.2) is 6.10 Å². The van der Waals surface area contributed by atoms with Gasteiger partial charge in [0.2, 0.25) is 0 Å². The highest BCUT2D eigenvalue weighted by atomic mass is 32.1. The van der Waals surface area contributed by atoms with Crippen molar-refractivity contribution in [2.45, 2.75) is 12.5 Å². The third-order valence-electron chi connectivity index (χ3n) is 1.47. The van der Waals surface area contributed by atoms with E-state index in [1.54, 1.807) is 0 Å². The third kappa shape index (κ3) is 1.39. The van der Waals surface area contributed by atoms with E-state index in [0.717, 1.165) is 13.0 Å². The molecule has 1 rings (SSSR count). The summed E-state index contributed by atoms with van der Waals surface area (Å²) in [5.41, 5.74) is 0. The quantitative estimate of drug-likeness (QED) is 0.376. The van der Waals surface area contributed by atoms with Crippen LogP contribution in [0.25, 0.3) is 0 Å². The number of nitrogens with zero attached hydrogens (tertiary/aromatic N) is 1. The molecule has 0 bridgehead atoms. The van der Waals surface area contributed by atoms with Crippen molar-refractivity contribution in [1.82, 2.24) is 4.90 Å². The fourth-order valence-corrected chi connectivity index (χ4v) is 0.998. The smallest absolute Gasteiger partial charge is 0.260 e. The van der Waals surface area contributed by atoms with Crippen LogP contribution in [0.4, 0.5) is 0 Å². The van der Waals surface area contributed by atoms with Crippen LogP contribution in [-0.4, -0.2) is 29.8 Å². The molecule has 0 aromatic rings. The van der Waals surface area contributed by atoms with Crippen molar-refractivity contribution < 1.29 is 4.74 Å². The van der Waals surface area contributed by atoms with Crippen LogP contribution in [-0.2, 0) is 4.74 Å². The summed E-state index contributed by atoms with van der Waals surface area (Å²) in [5.74, 6) is 2.52. The molecule has 2 nitrogen and oxygen atoms in total. The largest absolute Gasteiger partial charge is 0.454 e. The van der Waals surface area contributed by atoms with Gasteiger partial charge in [-0.2, -0.15) is 0 Å². The summed E-state index contributed by atoms with van der Waals surface area (Å²) in [4.78, 5) is 1.88. The van der Waals surface area contributed by atoms with Crippen LogP contribution in [0, 0.1) is 12.3 Å². The highest BCUT2D eigenvalue weighted by molar-refractivity contribution is 7.80. The number of terminal acetylenes is 1. The highest BCUT2D eigenvalue weighted by Gasteiger charge is 2.18. The molecule has 0 aliphatic carbocycles. The number of rotatable bonds is 0. The molecular formula is C7H9NOS. The lowest BCUT2D eigenvalue weighted by molar-refractivity contribution is 0.154. The Bertz CT molecular complexity index is 185. The van der Waals surface area contributed by atoms with Gasteiger partial charge in [-0.25, -0.2) is 0 Å². The van der Waals surface area contributed by atoms with Gasteiger partial charge in [0, 0.05) is 20.0 Å². The van der Waals surface area contributed by atoms with E-state index < -0.39 is 0 Å². The normalized spacial score (nSPS) is 25.4. The topological polar surface area (TPSA) is 12.5 Å². The van der Waals surface area contributed by atoms with Crippen LogP contribution in [0.15, 0.2) is 0 Å². The Labute approximate surface area is 66.2 Å². The first-order valence-corrected chi connectivity index (χ1v) is 3.52. The van der Waals surface area contributed by atoms with E-state index in [0.29, 0.717) is 5.17 Å². The Balaban J connectivity index is 2.50. The van der Waals surface area contributed by atoms with Crippen molar-refractivity contribution in [2.75, 3.05) is 13.6 Å². The molecule has 0 aromatic carbocycles. The van der Waals surface area contributed by atoms with Gasteiger partial charge in [-0.3, -0.25) is 0 Å². The van der Waals surface area contributed by atoms with Gasteiger partial charge < -0.3 is 9.64 Å². The molecule has 0 saturated carbocycles. The fraction of sp³-hybridized carbons (Fsp3) is 0.571. The van der Waals surface area contributed by atoms with Crippen LogP contribution in [0.3, 0.4) is 0 Å². The van der Waals surface area contributed by atoms with Crippen molar-refractivity contribution in [1.29, 1.82) is 0 Å². The number of hydrogen-bond donors (Lipinski definition) is 0. The van der Waals surface area contributed by atoms with Crippen LogP contribution in [0.1, 0.15) is 6.42 Å². The molecule has 3 heteroatoms. The predicted molar refractivity (Wildman–Crippen MR) is 43.6 cm³/mol. The Morgan fingerprint density at radius 2 is 2.60 bits per heavy atom. The van der Waals surface area contributed by atoms with E-state index in [9.17, 15) is 0 Å². The van der Waals surface area contributed by atoms with Crippen molar-refractivity contribution in [3.05, 3.63) is 0 Å². The second-order valence-corrected chi connectivity index (χ2v) is 2.60. The Morgan fingerprint density at radius 3 is 3.10 bits per heavy atom. The molecule has 0 radical (unpaired) electrons. The molecule has 0 N–H and O–H groups in total. The van der Waals surface area contributed by atoms with Gasteiger partial charge in [0.05, 0.1) is 0 Å². The minimum Gasteiger partial charge on any atom is -0.454 e. The van der Waals surface area contributed by atoms with E-state index >= 15 is 0 Å². The van der Waals surface area contributed by atoms with Gasteiger partial charge in [-0.05, 0) is 12.2 Å². The molecule has 54 valence electrons. The average Bonchev–Trinajstić information content (AvgIpc) is 1.95. The Morgan fingerprint density at radius 1 is 1.90 bits per heavy atom. The van der Waals surface area contributed by atoms with Gasteiger partial charge in [0.25, 0.3) is 5.17 Å². The van der Waals surface area contributed by atoms with Gasteiger partial charge in [-0.15, -0.1) is 6.42 Å². The van der Waals surface area contributed by atoms with Crippen molar-refractivity contribution in [3.8, 4) is 12.3 Å². The standard InChI is InChI=1S/C7H9NOS/c1-3-6-4-5-8(2)7(10)9-6/h1,6H,4-5H2,2H3. The third-order valence-corrected chi connectivity index (χ3v) is 1.88. The van der Waals surface area contributed by atoms with Crippen molar-refractivity contribution >= 4 is 17.4 Å². The van der Waals surface area contributed by atoms with E-state index in [4.69, 9.17) is 23.4 Å². The maximum absolute atomic E-state index is 5.17. The summed E-state index contributed by atoms with van der Waals surface area (Å²) in [5, 5.41) is 0.509. The first kappa shape index (κ1) is 7.36. The number of thiocarbonyl (C=S) groups is 1. The number of hydrogen-bond acceptors (Lipinski definition) is 2. The maximum atomic E-state index is 5.17. The molecule has 1 aliphatic rings. The average molecular weight is 155 g/mol. The molecule has 1 atom stereocenters. The first-order chi connectivity index (χ1) is 4.74. The van der Waals surface area contributed by atoms with Crippen LogP contribution >= 0.6 is 12.2 Å². The number of ether oxygens (including phenoxy) is 1. The molecule has 1 unspecified atom stereocenters. The highest BCUT2D eigenvalue weighted by Crippen LogP contribution is 2.08. The summed E-state index contributed by atoms with van der Waals surface area (Å²) in [6.07, 6.45) is 5.92. The Kier molecular flexibility index (Phi) is 2.13. The Hall–Kier alpha value is -0.750. The zero-order valence-electron chi connectivity index (χ0n) is 5.83. The summed E-state index contributed by atoms with van der Waals surface area (Å²) in [7, 11) is 1.90. The predicted octanol–water partition coefficient (Wildman–Crippen LogP) is 0.625. The monoisotopic (exact) mass is 155 g/mol. The van der Waals surface area contributed by atoms with E-state index in [-0.39, 0.29) is 6.10 Å². The second kappa shape index (κ2) is 2.89. The molecule has 1 saturated heterocycles. The minimum absolute atomic E-state index is 0.108. The zero-order valence-corrected chi connectivity index (χ0v) is 6.65. The molecular weight excluding hydrogens is 146 g/mol. The minimum atomic E-state index is -0.108. The fourth-order valence-electron chi connectivity index (χ4n) is 0.790. The molecule has 0 aromatic heterocycles. The molecule has 10 heavy (non-hydrogen) atoms. The van der Waals surface area contributed by atoms with E-state index in [1.807, 2.05) is 11.9 Å². The van der Waals surface area contributed by atoms with E-state index in [2.05, 4.69) is 5.92 Å². The summed E-state index contributed by atoms with van der Waals surface area (Å²) < 4.78 is 5.17. The lowest BCUT2D eigenvalue weighted by Crippen LogP contribution is -2.38.